The lowest BCUT2D eigenvalue weighted by molar-refractivity contribution is -0.134. The van der Waals surface area contributed by atoms with Gasteiger partial charge in [0.2, 0.25) is 0 Å². The lowest BCUT2D eigenvalue weighted by atomic mass is 10.9. The highest BCUT2D eigenvalue weighted by Crippen LogP contribution is 1.81. The van der Waals surface area contributed by atoms with Crippen LogP contribution >= 0.6 is 0 Å². The molecule has 0 unspecified atom stereocenters. The lowest BCUT2D eigenvalue weighted by Gasteiger charge is -1.90. The SMILES string of the molecule is CC(=O)O.CCOS(C)(=O)=O. The van der Waals surface area contributed by atoms with Gasteiger partial charge in [0.1, 0.15) is 0 Å². The van der Waals surface area contributed by atoms with Gasteiger partial charge in [0.25, 0.3) is 16.1 Å². The zero-order chi connectivity index (χ0) is 9.49. The topological polar surface area (TPSA) is 80.7 Å². The molecule has 0 atom stereocenters. The molecule has 0 aliphatic heterocycles. The molecule has 0 aliphatic carbocycles. The number of carboxylic acid groups (broad SMARTS) is 1. The Morgan fingerprint density at radius 2 is 1.82 bits per heavy atom. The Morgan fingerprint density at radius 1 is 1.55 bits per heavy atom. The van der Waals surface area contributed by atoms with Gasteiger partial charge in [-0.05, 0) is 6.92 Å². The summed E-state index contributed by atoms with van der Waals surface area (Å²) in [4.78, 5) is 9.00. The molecule has 0 heterocycles. The van der Waals surface area contributed by atoms with Gasteiger partial charge in [0.15, 0.2) is 0 Å². The van der Waals surface area contributed by atoms with Crippen LogP contribution in [0.2, 0.25) is 0 Å². The Kier molecular flexibility index (Phi) is 7.23. The minimum absolute atomic E-state index is 0.221. The molecule has 0 radical (unpaired) electrons. The van der Waals surface area contributed by atoms with Crippen molar-refractivity contribution in [1.82, 2.24) is 0 Å². The molecule has 0 rings (SSSR count). The first-order chi connectivity index (χ1) is 4.79. The average Bonchev–Trinajstić information content (AvgIpc) is 1.58. The van der Waals surface area contributed by atoms with Crippen LogP contribution in [0.5, 0.6) is 0 Å². The second-order valence-corrected chi connectivity index (χ2v) is 3.27. The van der Waals surface area contributed by atoms with Gasteiger partial charge in [-0.2, -0.15) is 8.42 Å². The van der Waals surface area contributed by atoms with Gasteiger partial charge in [-0.25, -0.2) is 0 Å². The smallest absolute Gasteiger partial charge is 0.300 e. The molecule has 0 aromatic carbocycles. The molecule has 1 N–H and O–H groups in total. The Bertz CT molecular complexity index is 189. The predicted molar refractivity (Wildman–Crippen MR) is 39.8 cm³/mol. The fourth-order valence-electron chi connectivity index (χ4n) is 0.214. The van der Waals surface area contributed by atoms with Gasteiger partial charge in [-0.3, -0.25) is 8.98 Å². The van der Waals surface area contributed by atoms with Crippen molar-refractivity contribution in [3.05, 3.63) is 0 Å². The second kappa shape index (κ2) is 6.11. The van der Waals surface area contributed by atoms with E-state index in [0.717, 1.165) is 13.2 Å². The van der Waals surface area contributed by atoms with E-state index in [4.69, 9.17) is 9.90 Å². The maximum atomic E-state index is 10.0. The van der Waals surface area contributed by atoms with Crippen molar-refractivity contribution in [2.45, 2.75) is 13.8 Å². The molecule has 6 heteroatoms. The highest BCUT2D eigenvalue weighted by Gasteiger charge is 1.94. The molecular weight excluding hydrogens is 172 g/mol. The van der Waals surface area contributed by atoms with Crippen LogP contribution in [0.4, 0.5) is 0 Å². The molecular formula is C5H12O5S. The molecule has 0 amide bonds. The highest BCUT2D eigenvalue weighted by atomic mass is 32.2. The number of hydrogen-bond donors (Lipinski definition) is 1. The Morgan fingerprint density at radius 3 is 1.82 bits per heavy atom. The third-order valence-electron chi connectivity index (χ3n) is 0.332. The molecule has 68 valence electrons. The van der Waals surface area contributed by atoms with Crippen molar-refractivity contribution in [3.8, 4) is 0 Å². The average molecular weight is 184 g/mol. The quantitative estimate of drug-likeness (QED) is 0.614. The summed E-state index contributed by atoms with van der Waals surface area (Å²) in [6, 6.07) is 0. The summed E-state index contributed by atoms with van der Waals surface area (Å²) < 4.78 is 24.2. The van der Waals surface area contributed by atoms with Gasteiger partial charge < -0.3 is 5.11 Å². The van der Waals surface area contributed by atoms with Crippen LogP contribution in [0.3, 0.4) is 0 Å². The fourth-order valence-corrected chi connectivity index (χ4v) is 0.642. The van der Waals surface area contributed by atoms with Crippen molar-refractivity contribution >= 4 is 16.1 Å². The number of aliphatic carboxylic acids is 1. The molecule has 0 fully saturated rings. The largest absolute Gasteiger partial charge is 0.481 e. The monoisotopic (exact) mass is 184 g/mol. The first-order valence-corrected chi connectivity index (χ1v) is 4.65. The van der Waals surface area contributed by atoms with E-state index in [9.17, 15) is 8.42 Å². The van der Waals surface area contributed by atoms with Crippen molar-refractivity contribution in [2.75, 3.05) is 12.9 Å². The van der Waals surface area contributed by atoms with Crippen LogP contribution < -0.4 is 0 Å². The molecule has 0 aliphatic rings. The maximum Gasteiger partial charge on any atom is 0.300 e. The maximum absolute atomic E-state index is 10.0. The minimum atomic E-state index is -3.17. The van der Waals surface area contributed by atoms with Crippen LogP contribution in [-0.2, 0) is 19.1 Å². The number of carbonyl (C=O) groups is 1. The fraction of sp³-hybridized carbons (Fsp3) is 0.800. The molecule has 0 spiro atoms. The van der Waals surface area contributed by atoms with Crippen LogP contribution in [0.15, 0.2) is 0 Å². The molecule has 0 aromatic rings. The number of carboxylic acids is 1. The Hall–Kier alpha value is -0.620. The van der Waals surface area contributed by atoms with Crippen molar-refractivity contribution in [3.63, 3.8) is 0 Å². The van der Waals surface area contributed by atoms with Gasteiger partial charge in [-0.15, -0.1) is 0 Å². The van der Waals surface area contributed by atoms with Crippen molar-refractivity contribution in [2.24, 2.45) is 0 Å². The second-order valence-electron chi connectivity index (χ2n) is 1.63. The van der Waals surface area contributed by atoms with E-state index >= 15 is 0 Å². The minimum Gasteiger partial charge on any atom is -0.481 e. The zero-order valence-corrected chi connectivity index (χ0v) is 7.51. The van der Waals surface area contributed by atoms with Gasteiger partial charge in [0, 0.05) is 6.92 Å². The summed E-state index contributed by atoms with van der Waals surface area (Å²) in [5.41, 5.74) is 0. The van der Waals surface area contributed by atoms with E-state index in [2.05, 4.69) is 4.18 Å². The first-order valence-electron chi connectivity index (χ1n) is 2.83. The van der Waals surface area contributed by atoms with Crippen LogP contribution in [0, 0.1) is 0 Å². The third-order valence-corrected chi connectivity index (χ3v) is 0.996. The number of rotatable bonds is 2. The molecule has 0 bridgehead atoms. The molecule has 11 heavy (non-hydrogen) atoms. The lowest BCUT2D eigenvalue weighted by Crippen LogP contribution is -2.00. The summed E-state index contributed by atoms with van der Waals surface area (Å²) in [5.74, 6) is -0.833. The third kappa shape index (κ3) is 44.7. The van der Waals surface area contributed by atoms with E-state index in [1.54, 1.807) is 6.92 Å². The standard InChI is InChI=1S/C3H8O3S.C2H4O2/c1-3-6-7(2,4)5;1-2(3)4/h3H2,1-2H3;1H3,(H,3,4). The Labute approximate surface area is 66.1 Å². The van der Waals surface area contributed by atoms with E-state index in [-0.39, 0.29) is 6.61 Å². The zero-order valence-electron chi connectivity index (χ0n) is 6.70. The summed E-state index contributed by atoms with van der Waals surface area (Å²) >= 11 is 0. The van der Waals surface area contributed by atoms with E-state index in [1.807, 2.05) is 0 Å². The first kappa shape index (κ1) is 13.0. The van der Waals surface area contributed by atoms with Gasteiger partial charge in [0.05, 0.1) is 12.9 Å². The van der Waals surface area contributed by atoms with Gasteiger partial charge in [-0.1, -0.05) is 0 Å². The summed E-state index contributed by atoms with van der Waals surface area (Å²) in [6.07, 6.45) is 1.02. The number of hydrogen-bond acceptors (Lipinski definition) is 4. The molecule has 5 nitrogen and oxygen atoms in total. The highest BCUT2D eigenvalue weighted by molar-refractivity contribution is 7.85. The van der Waals surface area contributed by atoms with E-state index in [0.29, 0.717) is 0 Å². The van der Waals surface area contributed by atoms with E-state index in [1.165, 1.54) is 0 Å². The normalized spacial score (nSPS) is 9.73. The molecule has 0 saturated carbocycles. The Balaban J connectivity index is 0. The van der Waals surface area contributed by atoms with Crippen molar-refractivity contribution in [1.29, 1.82) is 0 Å². The molecule has 0 saturated heterocycles. The van der Waals surface area contributed by atoms with Crippen LogP contribution in [0.25, 0.3) is 0 Å². The predicted octanol–water partition coefficient (Wildman–Crippen LogP) is 0.0734. The van der Waals surface area contributed by atoms with Gasteiger partial charge >= 0.3 is 0 Å². The summed E-state index contributed by atoms with van der Waals surface area (Å²) in [6.45, 7) is 2.93. The van der Waals surface area contributed by atoms with Crippen LogP contribution in [-0.4, -0.2) is 32.4 Å². The van der Waals surface area contributed by atoms with Crippen LogP contribution in [0.1, 0.15) is 13.8 Å². The van der Waals surface area contributed by atoms with Crippen molar-refractivity contribution < 1.29 is 22.5 Å². The molecule has 0 aromatic heterocycles. The summed E-state index contributed by atoms with van der Waals surface area (Å²) in [5, 5.41) is 7.42. The van der Waals surface area contributed by atoms with E-state index < -0.39 is 16.1 Å². The summed E-state index contributed by atoms with van der Waals surface area (Å²) in [7, 11) is -3.17.